The van der Waals surface area contributed by atoms with Crippen LogP contribution in [-0.2, 0) is 0 Å². The van der Waals surface area contributed by atoms with Crippen molar-refractivity contribution in [3.05, 3.63) is 29.3 Å². The predicted molar refractivity (Wildman–Crippen MR) is 61.9 cm³/mol. The third kappa shape index (κ3) is 1.83. The van der Waals surface area contributed by atoms with E-state index in [1.807, 2.05) is 13.0 Å². The Morgan fingerprint density at radius 3 is 2.67 bits per heavy atom. The van der Waals surface area contributed by atoms with E-state index in [0.717, 1.165) is 16.8 Å². The standard InChI is InChI=1S/C13H16N2/c1-10-6-7-13(11(8-10)9-14)15(2)12-4-3-5-12/h6-8,12H,3-5H2,1-2H3. The van der Waals surface area contributed by atoms with Crippen LogP contribution in [0, 0.1) is 18.3 Å². The second kappa shape index (κ2) is 3.94. The fourth-order valence-corrected chi connectivity index (χ4v) is 2.02. The van der Waals surface area contributed by atoms with E-state index in [2.05, 4.69) is 30.1 Å². The molecular weight excluding hydrogens is 184 g/mol. The summed E-state index contributed by atoms with van der Waals surface area (Å²) in [6, 6.07) is 9.02. The second-order valence-electron chi connectivity index (χ2n) is 4.33. The average Bonchev–Trinajstić information content (AvgIpc) is 2.14. The minimum absolute atomic E-state index is 0.639. The summed E-state index contributed by atoms with van der Waals surface area (Å²) in [7, 11) is 2.09. The number of anilines is 1. The van der Waals surface area contributed by atoms with Crippen molar-refractivity contribution in [3.8, 4) is 6.07 Å². The normalized spacial score (nSPS) is 15.5. The molecular formula is C13H16N2. The molecule has 2 nitrogen and oxygen atoms in total. The lowest BCUT2D eigenvalue weighted by Crippen LogP contribution is -2.37. The first-order valence-electron chi connectivity index (χ1n) is 5.46. The summed E-state index contributed by atoms with van der Waals surface area (Å²) in [5.74, 6) is 0. The van der Waals surface area contributed by atoms with Crippen LogP contribution in [-0.4, -0.2) is 13.1 Å². The molecule has 2 heteroatoms. The molecule has 0 radical (unpaired) electrons. The number of aryl methyl sites for hydroxylation is 1. The molecule has 0 saturated heterocycles. The molecule has 1 aromatic carbocycles. The topological polar surface area (TPSA) is 27.0 Å². The third-order valence-corrected chi connectivity index (χ3v) is 3.27. The molecule has 0 N–H and O–H groups in total. The van der Waals surface area contributed by atoms with Crippen molar-refractivity contribution in [2.45, 2.75) is 32.2 Å². The van der Waals surface area contributed by atoms with Crippen molar-refractivity contribution >= 4 is 5.69 Å². The van der Waals surface area contributed by atoms with E-state index >= 15 is 0 Å². The molecule has 0 aliphatic heterocycles. The smallest absolute Gasteiger partial charge is 0.101 e. The Bertz CT molecular complexity index is 399. The summed E-state index contributed by atoms with van der Waals surface area (Å²) < 4.78 is 0. The van der Waals surface area contributed by atoms with E-state index in [4.69, 9.17) is 5.26 Å². The van der Waals surface area contributed by atoms with Gasteiger partial charge in [0.2, 0.25) is 0 Å². The highest BCUT2D eigenvalue weighted by Crippen LogP contribution is 2.30. The lowest BCUT2D eigenvalue weighted by Gasteiger charge is -2.36. The van der Waals surface area contributed by atoms with Gasteiger partial charge in [-0.3, -0.25) is 0 Å². The van der Waals surface area contributed by atoms with Crippen molar-refractivity contribution in [3.63, 3.8) is 0 Å². The van der Waals surface area contributed by atoms with Gasteiger partial charge in [-0.15, -0.1) is 0 Å². The van der Waals surface area contributed by atoms with Crippen molar-refractivity contribution in [1.29, 1.82) is 5.26 Å². The van der Waals surface area contributed by atoms with Gasteiger partial charge in [-0.05, 0) is 43.9 Å². The van der Waals surface area contributed by atoms with E-state index < -0.39 is 0 Å². The van der Waals surface area contributed by atoms with Gasteiger partial charge >= 0.3 is 0 Å². The quantitative estimate of drug-likeness (QED) is 0.734. The van der Waals surface area contributed by atoms with Gasteiger partial charge in [0, 0.05) is 13.1 Å². The number of hydrogen-bond donors (Lipinski definition) is 0. The molecule has 1 aliphatic rings. The number of nitriles is 1. The van der Waals surface area contributed by atoms with Gasteiger partial charge < -0.3 is 4.90 Å². The van der Waals surface area contributed by atoms with Crippen LogP contribution in [0.2, 0.25) is 0 Å². The molecule has 1 saturated carbocycles. The first-order valence-corrected chi connectivity index (χ1v) is 5.46. The Labute approximate surface area is 91.1 Å². The Morgan fingerprint density at radius 1 is 1.40 bits per heavy atom. The van der Waals surface area contributed by atoms with Gasteiger partial charge in [-0.1, -0.05) is 6.07 Å². The molecule has 0 heterocycles. The van der Waals surface area contributed by atoms with Gasteiger partial charge in [0.15, 0.2) is 0 Å². The molecule has 0 bridgehead atoms. The Kier molecular flexibility index (Phi) is 2.64. The van der Waals surface area contributed by atoms with E-state index in [9.17, 15) is 0 Å². The molecule has 15 heavy (non-hydrogen) atoms. The molecule has 0 atom stereocenters. The Hall–Kier alpha value is -1.49. The van der Waals surface area contributed by atoms with E-state index in [1.165, 1.54) is 19.3 Å². The molecule has 1 fully saturated rings. The van der Waals surface area contributed by atoms with Crippen LogP contribution in [0.25, 0.3) is 0 Å². The Balaban J connectivity index is 2.30. The highest BCUT2D eigenvalue weighted by atomic mass is 15.1. The molecule has 1 aromatic rings. The van der Waals surface area contributed by atoms with Crippen molar-refractivity contribution in [1.82, 2.24) is 0 Å². The molecule has 2 rings (SSSR count). The van der Waals surface area contributed by atoms with Gasteiger partial charge in [0.05, 0.1) is 11.3 Å². The highest BCUT2D eigenvalue weighted by Gasteiger charge is 2.23. The monoisotopic (exact) mass is 200 g/mol. The average molecular weight is 200 g/mol. The molecule has 0 aromatic heterocycles. The SMILES string of the molecule is Cc1ccc(N(C)C2CCC2)c(C#N)c1. The van der Waals surface area contributed by atoms with E-state index in [1.54, 1.807) is 0 Å². The number of benzene rings is 1. The first kappa shape index (κ1) is 10.0. The van der Waals surface area contributed by atoms with Crippen LogP contribution in [0.1, 0.15) is 30.4 Å². The number of hydrogen-bond acceptors (Lipinski definition) is 2. The van der Waals surface area contributed by atoms with Crippen LogP contribution in [0.15, 0.2) is 18.2 Å². The minimum Gasteiger partial charge on any atom is -0.371 e. The van der Waals surface area contributed by atoms with E-state index in [-0.39, 0.29) is 0 Å². The molecule has 78 valence electrons. The summed E-state index contributed by atoms with van der Waals surface area (Å²) in [5, 5.41) is 9.09. The summed E-state index contributed by atoms with van der Waals surface area (Å²) >= 11 is 0. The second-order valence-corrected chi connectivity index (χ2v) is 4.33. The summed E-state index contributed by atoms with van der Waals surface area (Å²) in [6.45, 7) is 2.02. The molecule has 0 amide bonds. The molecule has 0 spiro atoms. The highest BCUT2D eigenvalue weighted by molar-refractivity contribution is 5.60. The van der Waals surface area contributed by atoms with Crippen molar-refractivity contribution in [2.24, 2.45) is 0 Å². The minimum atomic E-state index is 0.639. The maximum absolute atomic E-state index is 9.09. The van der Waals surface area contributed by atoms with Crippen LogP contribution in [0.5, 0.6) is 0 Å². The zero-order valence-corrected chi connectivity index (χ0v) is 9.33. The summed E-state index contributed by atoms with van der Waals surface area (Å²) in [4.78, 5) is 2.25. The zero-order chi connectivity index (χ0) is 10.8. The fourth-order valence-electron chi connectivity index (χ4n) is 2.02. The van der Waals surface area contributed by atoms with Gasteiger partial charge in [-0.2, -0.15) is 5.26 Å². The first-order chi connectivity index (χ1) is 7.22. The lowest BCUT2D eigenvalue weighted by atomic mass is 9.91. The van der Waals surface area contributed by atoms with Gasteiger partial charge in [0.25, 0.3) is 0 Å². The van der Waals surface area contributed by atoms with Crippen LogP contribution in [0.3, 0.4) is 0 Å². The van der Waals surface area contributed by atoms with E-state index in [0.29, 0.717) is 6.04 Å². The lowest BCUT2D eigenvalue weighted by molar-refractivity contribution is 0.401. The maximum atomic E-state index is 9.09. The van der Waals surface area contributed by atoms with Crippen molar-refractivity contribution < 1.29 is 0 Å². The largest absolute Gasteiger partial charge is 0.371 e. The Morgan fingerprint density at radius 2 is 2.13 bits per heavy atom. The zero-order valence-electron chi connectivity index (χ0n) is 9.33. The number of rotatable bonds is 2. The number of nitrogens with zero attached hydrogens (tertiary/aromatic N) is 2. The fraction of sp³-hybridized carbons (Fsp3) is 0.462. The van der Waals surface area contributed by atoms with Gasteiger partial charge in [-0.25, -0.2) is 0 Å². The maximum Gasteiger partial charge on any atom is 0.101 e. The van der Waals surface area contributed by atoms with Gasteiger partial charge in [0.1, 0.15) is 6.07 Å². The summed E-state index contributed by atoms with van der Waals surface area (Å²) in [5.41, 5.74) is 3.02. The summed E-state index contributed by atoms with van der Waals surface area (Å²) in [6.07, 6.45) is 3.84. The van der Waals surface area contributed by atoms with Crippen molar-refractivity contribution in [2.75, 3.05) is 11.9 Å². The predicted octanol–water partition coefficient (Wildman–Crippen LogP) is 2.86. The molecule has 0 unspecified atom stereocenters. The third-order valence-electron chi connectivity index (χ3n) is 3.27. The van der Waals surface area contributed by atoms with Crippen LogP contribution < -0.4 is 4.90 Å². The van der Waals surface area contributed by atoms with Crippen LogP contribution in [0.4, 0.5) is 5.69 Å². The molecule has 1 aliphatic carbocycles. The van der Waals surface area contributed by atoms with Crippen LogP contribution >= 0.6 is 0 Å².